The number of aliphatic carboxylic acids is 1. The van der Waals surface area contributed by atoms with Crippen LogP contribution in [0.25, 0.3) is 0 Å². The van der Waals surface area contributed by atoms with E-state index in [9.17, 15) is 14.7 Å². The van der Waals surface area contributed by atoms with Crippen LogP contribution in [0.3, 0.4) is 0 Å². The topological polar surface area (TPSA) is 54.4 Å². The van der Waals surface area contributed by atoms with Crippen molar-refractivity contribution in [3.8, 4) is 0 Å². The summed E-state index contributed by atoms with van der Waals surface area (Å²) < 4.78 is 0.882. The number of rotatable bonds is 6. The van der Waals surface area contributed by atoms with Gasteiger partial charge in [0.15, 0.2) is 5.78 Å². The van der Waals surface area contributed by atoms with Crippen LogP contribution in [0.5, 0.6) is 0 Å². The summed E-state index contributed by atoms with van der Waals surface area (Å²) in [4.78, 5) is 24.5. The fourth-order valence-corrected chi connectivity index (χ4v) is 3.29. The van der Waals surface area contributed by atoms with E-state index in [1.165, 1.54) is 11.8 Å². The van der Waals surface area contributed by atoms with Gasteiger partial charge in [0.2, 0.25) is 0 Å². The molecule has 0 spiro atoms. The van der Waals surface area contributed by atoms with Gasteiger partial charge in [0.05, 0.1) is 0 Å². The van der Waals surface area contributed by atoms with E-state index in [1.54, 1.807) is 24.3 Å². The summed E-state index contributed by atoms with van der Waals surface area (Å²) in [6, 6.07) is 14.6. The fourth-order valence-electron chi connectivity index (χ4n) is 1.95. The van der Waals surface area contributed by atoms with Crippen molar-refractivity contribution in [2.24, 2.45) is 0 Å². The van der Waals surface area contributed by atoms with Crippen molar-refractivity contribution in [2.75, 3.05) is 0 Å². The number of hydrogen-bond donors (Lipinski definition) is 1. The molecule has 0 aliphatic rings. The predicted octanol–water partition coefficient (Wildman–Crippen LogP) is 4.58. The molecule has 0 saturated carbocycles. The third kappa shape index (κ3) is 4.71. The van der Waals surface area contributed by atoms with E-state index >= 15 is 0 Å². The number of thioether (sulfide) groups is 1. The van der Waals surface area contributed by atoms with Crippen LogP contribution in [0.2, 0.25) is 0 Å². The van der Waals surface area contributed by atoms with Crippen molar-refractivity contribution >= 4 is 39.4 Å². The Bertz CT molecular complexity index is 683. The van der Waals surface area contributed by atoms with E-state index in [0.717, 1.165) is 14.9 Å². The molecule has 1 N–H and O–H groups in total. The zero-order chi connectivity index (χ0) is 16.1. The largest absolute Gasteiger partial charge is 0.480 e. The lowest BCUT2D eigenvalue weighted by Gasteiger charge is -2.12. The van der Waals surface area contributed by atoms with Gasteiger partial charge in [-0.2, -0.15) is 0 Å². The molecule has 2 aromatic rings. The highest BCUT2D eigenvalue weighted by atomic mass is 79.9. The van der Waals surface area contributed by atoms with E-state index in [1.807, 2.05) is 31.2 Å². The molecule has 114 valence electrons. The fraction of sp³-hybridized carbons (Fsp3) is 0.176. The molecule has 0 saturated heterocycles. The Balaban J connectivity index is 2.10. The highest BCUT2D eigenvalue weighted by molar-refractivity contribution is 9.10. The van der Waals surface area contributed by atoms with Crippen LogP contribution in [-0.2, 0) is 4.79 Å². The monoisotopic (exact) mass is 378 g/mol. The predicted molar refractivity (Wildman–Crippen MR) is 91.5 cm³/mol. The van der Waals surface area contributed by atoms with Crippen LogP contribution in [0.15, 0.2) is 57.9 Å². The van der Waals surface area contributed by atoms with Crippen molar-refractivity contribution < 1.29 is 14.7 Å². The number of carbonyl (C=O) groups is 2. The van der Waals surface area contributed by atoms with Gasteiger partial charge in [-0.25, -0.2) is 0 Å². The van der Waals surface area contributed by atoms with Gasteiger partial charge in [-0.05, 0) is 31.2 Å². The van der Waals surface area contributed by atoms with E-state index in [-0.39, 0.29) is 12.2 Å². The second-order valence-corrected chi connectivity index (χ2v) is 7.09. The maximum absolute atomic E-state index is 12.2. The zero-order valence-electron chi connectivity index (χ0n) is 12.0. The molecule has 0 bridgehead atoms. The Morgan fingerprint density at radius 2 is 1.86 bits per heavy atom. The molecule has 0 aliphatic heterocycles. The molecule has 0 aromatic heterocycles. The first-order valence-corrected chi connectivity index (χ1v) is 8.38. The van der Waals surface area contributed by atoms with Crippen molar-refractivity contribution in [2.45, 2.75) is 23.5 Å². The molecule has 2 aromatic carbocycles. The van der Waals surface area contributed by atoms with Gasteiger partial charge in [0.1, 0.15) is 5.25 Å². The minimum absolute atomic E-state index is 0.0322. The summed E-state index contributed by atoms with van der Waals surface area (Å²) in [7, 11) is 0. The summed E-state index contributed by atoms with van der Waals surface area (Å²) in [5.41, 5.74) is 1.59. The van der Waals surface area contributed by atoms with Crippen molar-refractivity contribution in [1.29, 1.82) is 0 Å². The number of carboxylic acid groups (broad SMARTS) is 1. The Morgan fingerprint density at radius 1 is 1.18 bits per heavy atom. The summed E-state index contributed by atoms with van der Waals surface area (Å²) >= 11 is 4.52. The van der Waals surface area contributed by atoms with E-state index < -0.39 is 11.2 Å². The van der Waals surface area contributed by atoms with Gasteiger partial charge in [0.25, 0.3) is 0 Å². The Morgan fingerprint density at radius 3 is 2.45 bits per heavy atom. The number of carbonyl (C=O) groups excluding carboxylic acids is 1. The number of hydrogen-bond acceptors (Lipinski definition) is 3. The molecular formula is C17H15BrO3S. The number of benzene rings is 2. The second kappa shape index (κ2) is 7.61. The number of Topliss-reactive ketones (excluding diaryl/α,β-unsaturated/α-hetero) is 1. The van der Waals surface area contributed by atoms with E-state index in [4.69, 9.17) is 0 Å². The molecular weight excluding hydrogens is 364 g/mol. The molecule has 0 fully saturated rings. The molecule has 2 rings (SSSR count). The SMILES string of the molecule is Cc1cccc(S[C@@H](CC(=O)c2ccc(Br)cc2)C(=O)O)c1. The average molecular weight is 379 g/mol. The Labute approximate surface area is 141 Å². The zero-order valence-corrected chi connectivity index (χ0v) is 14.4. The van der Waals surface area contributed by atoms with Gasteiger partial charge in [-0.1, -0.05) is 45.8 Å². The second-order valence-electron chi connectivity index (χ2n) is 4.90. The number of halogens is 1. The molecule has 0 heterocycles. The minimum Gasteiger partial charge on any atom is -0.480 e. The quantitative estimate of drug-likeness (QED) is 0.590. The third-order valence-electron chi connectivity index (χ3n) is 3.08. The minimum atomic E-state index is -0.975. The summed E-state index contributed by atoms with van der Waals surface area (Å²) in [6.07, 6.45) is -0.0322. The van der Waals surface area contributed by atoms with E-state index in [0.29, 0.717) is 5.56 Å². The lowest BCUT2D eigenvalue weighted by molar-refractivity contribution is -0.136. The molecule has 0 radical (unpaired) electrons. The lowest BCUT2D eigenvalue weighted by atomic mass is 10.1. The van der Waals surface area contributed by atoms with Gasteiger partial charge in [-0.3, -0.25) is 9.59 Å². The van der Waals surface area contributed by atoms with Gasteiger partial charge < -0.3 is 5.11 Å². The summed E-state index contributed by atoms with van der Waals surface area (Å²) in [5, 5.41) is 8.57. The summed E-state index contributed by atoms with van der Waals surface area (Å²) in [5.74, 6) is -1.14. The summed E-state index contributed by atoms with van der Waals surface area (Å²) in [6.45, 7) is 1.95. The Kier molecular flexibility index (Phi) is 5.80. The molecule has 0 aliphatic carbocycles. The Hall–Kier alpha value is -1.59. The maximum Gasteiger partial charge on any atom is 0.317 e. The molecule has 0 unspecified atom stereocenters. The van der Waals surface area contributed by atoms with Crippen LogP contribution >= 0.6 is 27.7 Å². The standard InChI is InChI=1S/C17H15BrO3S/c1-11-3-2-4-14(9-11)22-16(17(20)21)10-15(19)12-5-7-13(18)8-6-12/h2-9,16H,10H2,1H3,(H,20,21)/t16-/m0/s1. The lowest BCUT2D eigenvalue weighted by Crippen LogP contribution is -2.20. The van der Waals surface area contributed by atoms with Crippen LogP contribution < -0.4 is 0 Å². The van der Waals surface area contributed by atoms with Gasteiger partial charge >= 0.3 is 5.97 Å². The average Bonchev–Trinajstić information content (AvgIpc) is 2.47. The van der Waals surface area contributed by atoms with Crippen molar-refractivity contribution in [1.82, 2.24) is 0 Å². The highest BCUT2D eigenvalue weighted by Crippen LogP contribution is 2.27. The van der Waals surface area contributed by atoms with Crippen molar-refractivity contribution in [3.05, 3.63) is 64.1 Å². The maximum atomic E-state index is 12.2. The highest BCUT2D eigenvalue weighted by Gasteiger charge is 2.23. The van der Waals surface area contributed by atoms with Crippen LogP contribution in [0.4, 0.5) is 0 Å². The molecule has 1 atom stereocenters. The van der Waals surface area contributed by atoms with Crippen molar-refractivity contribution in [3.63, 3.8) is 0 Å². The first-order valence-electron chi connectivity index (χ1n) is 6.70. The van der Waals surface area contributed by atoms with E-state index in [2.05, 4.69) is 15.9 Å². The normalized spacial score (nSPS) is 11.9. The first-order chi connectivity index (χ1) is 10.5. The van der Waals surface area contributed by atoms with Gasteiger partial charge in [-0.15, -0.1) is 11.8 Å². The molecule has 0 amide bonds. The molecule has 5 heteroatoms. The number of ketones is 1. The third-order valence-corrected chi connectivity index (χ3v) is 4.79. The van der Waals surface area contributed by atoms with Gasteiger partial charge in [0, 0.05) is 21.4 Å². The first kappa shape index (κ1) is 16.8. The van der Waals surface area contributed by atoms with Crippen LogP contribution in [0, 0.1) is 6.92 Å². The van der Waals surface area contributed by atoms with Crippen LogP contribution in [-0.4, -0.2) is 22.1 Å². The smallest absolute Gasteiger partial charge is 0.317 e. The molecule has 3 nitrogen and oxygen atoms in total. The number of aryl methyl sites for hydroxylation is 1. The molecule has 22 heavy (non-hydrogen) atoms. The number of carboxylic acids is 1. The van der Waals surface area contributed by atoms with Crippen LogP contribution in [0.1, 0.15) is 22.3 Å².